The van der Waals surface area contributed by atoms with Gasteiger partial charge in [0.2, 0.25) is 15.9 Å². The van der Waals surface area contributed by atoms with Gasteiger partial charge in [-0.2, -0.15) is 0 Å². The van der Waals surface area contributed by atoms with Crippen LogP contribution in [0, 0.1) is 13.8 Å². The van der Waals surface area contributed by atoms with Crippen LogP contribution in [0.15, 0.2) is 53.4 Å². The second-order valence-electron chi connectivity index (χ2n) is 7.85. The zero-order chi connectivity index (χ0) is 21.6. The van der Waals surface area contributed by atoms with Gasteiger partial charge in [0.05, 0.1) is 11.5 Å². The van der Waals surface area contributed by atoms with Crippen molar-refractivity contribution in [2.24, 2.45) is 0 Å². The molecule has 1 saturated heterocycles. The van der Waals surface area contributed by atoms with Gasteiger partial charge in [-0.15, -0.1) is 0 Å². The van der Waals surface area contributed by atoms with Crippen molar-refractivity contribution in [1.29, 1.82) is 0 Å². The van der Waals surface area contributed by atoms with Crippen LogP contribution in [0.5, 0.6) is 5.75 Å². The molecule has 0 spiro atoms. The number of hydrogen-bond donors (Lipinski definition) is 1. The number of amides is 1. The summed E-state index contributed by atoms with van der Waals surface area (Å²) >= 11 is 0. The summed E-state index contributed by atoms with van der Waals surface area (Å²) in [6.45, 7) is 5.59. The number of carbonyl (C=O) groups is 1. The molecular weight excluding hydrogens is 400 g/mol. The first-order valence-corrected chi connectivity index (χ1v) is 11.9. The van der Waals surface area contributed by atoms with Gasteiger partial charge in [-0.05, 0) is 57.4 Å². The van der Waals surface area contributed by atoms with Crippen LogP contribution >= 0.6 is 0 Å². The van der Waals surface area contributed by atoms with E-state index >= 15 is 0 Å². The van der Waals surface area contributed by atoms with Gasteiger partial charge in [-0.25, -0.2) is 13.1 Å². The Morgan fingerprint density at radius 2 is 1.57 bits per heavy atom. The average molecular weight is 431 g/mol. The van der Waals surface area contributed by atoms with Crippen molar-refractivity contribution in [2.75, 3.05) is 19.7 Å². The molecule has 0 bridgehead atoms. The number of sulfonamides is 1. The quantitative estimate of drug-likeness (QED) is 0.651. The maximum absolute atomic E-state index is 12.5. The highest BCUT2D eigenvalue weighted by Crippen LogP contribution is 2.17. The van der Waals surface area contributed by atoms with Crippen LogP contribution in [0.25, 0.3) is 0 Å². The number of ether oxygens (including phenoxy) is 1. The third-order valence-corrected chi connectivity index (χ3v) is 6.86. The lowest BCUT2D eigenvalue weighted by molar-refractivity contribution is -0.132. The maximum Gasteiger partial charge on any atom is 0.240 e. The molecule has 1 amide bonds. The number of piperidine rings is 1. The highest BCUT2D eigenvalue weighted by atomic mass is 32.2. The fourth-order valence-electron chi connectivity index (χ4n) is 3.46. The van der Waals surface area contributed by atoms with E-state index in [0.717, 1.165) is 11.3 Å². The van der Waals surface area contributed by atoms with Crippen LogP contribution in [-0.4, -0.2) is 45.0 Å². The first-order valence-electron chi connectivity index (χ1n) is 10.4. The third-order valence-electron chi connectivity index (χ3n) is 5.33. The summed E-state index contributed by atoms with van der Waals surface area (Å²) in [5.74, 6) is 0.914. The van der Waals surface area contributed by atoms with E-state index in [-0.39, 0.29) is 16.8 Å². The summed E-state index contributed by atoms with van der Waals surface area (Å²) in [6, 6.07) is 14.5. The molecule has 0 unspecified atom stereocenters. The number of likely N-dealkylation sites (tertiary alicyclic amines) is 1. The number of nitrogens with one attached hydrogen (secondary N) is 1. The summed E-state index contributed by atoms with van der Waals surface area (Å²) in [5.41, 5.74) is 2.20. The lowest BCUT2D eigenvalue weighted by Crippen LogP contribution is -2.46. The zero-order valence-electron chi connectivity index (χ0n) is 17.6. The Bertz CT molecular complexity index is 932. The molecule has 2 aromatic carbocycles. The van der Waals surface area contributed by atoms with Crippen molar-refractivity contribution in [3.8, 4) is 5.75 Å². The number of hydrogen-bond acceptors (Lipinski definition) is 4. The molecule has 30 heavy (non-hydrogen) atoms. The van der Waals surface area contributed by atoms with Crippen molar-refractivity contribution < 1.29 is 17.9 Å². The minimum Gasteiger partial charge on any atom is -0.494 e. The number of carbonyl (C=O) groups excluding carboxylic acids is 1. The lowest BCUT2D eigenvalue weighted by Gasteiger charge is -2.32. The van der Waals surface area contributed by atoms with E-state index in [1.165, 1.54) is 5.56 Å². The summed E-state index contributed by atoms with van der Waals surface area (Å²) in [4.78, 5) is 14.5. The summed E-state index contributed by atoms with van der Waals surface area (Å²) < 4.78 is 33.5. The predicted octanol–water partition coefficient (Wildman–Crippen LogP) is 3.43. The van der Waals surface area contributed by atoms with Gasteiger partial charge in [-0.3, -0.25) is 4.79 Å². The normalized spacial score (nSPS) is 15.2. The first-order chi connectivity index (χ1) is 14.3. The molecule has 1 aliphatic rings. The molecule has 0 aromatic heterocycles. The lowest BCUT2D eigenvalue weighted by atomic mass is 10.1. The molecule has 0 saturated carbocycles. The molecule has 1 heterocycles. The first kappa shape index (κ1) is 22.3. The molecule has 2 aromatic rings. The van der Waals surface area contributed by atoms with Crippen molar-refractivity contribution in [2.45, 2.75) is 50.5 Å². The molecule has 1 N–H and O–H groups in total. The summed E-state index contributed by atoms with van der Waals surface area (Å²) in [6.07, 6.45) is 2.34. The minimum atomic E-state index is -3.53. The Labute approximate surface area is 179 Å². The van der Waals surface area contributed by atoms with Gasteiger partial charge < -0.3 is 9.64 Å². The van der Waals surface area contributed by atoms with E-state index in [4.69, 9.17) is 4.74 Å². The Morgan fingerprint density at radius 3 is 2.17 bits per heavy atom. The molecule has 0 aliphatic carbocycles. The summed E-state index contributed by atoms with van der Waals surface area (Å²) in [7, 11) is -3.53. The van der Waals surface area contributed by atoms with Crippen LogP contribution in [0.3, 0.4) is 0 Å². The van der Waals surface area contributed by atoms with Gasteiger partial charge in [0.25, 0.3) is 0 Å². The highest BCUT2D eigenvalue weighted by Gasteiger charge is 2.26. The average Bonchev–Trinajstić information content (AvgIpc) is 2.73. The van der Waals surface area contributed by atoms with Gasteiger partial charge in [0, 0.05) is 25.6 Å². The van der Waals surface area contributed by atoms with Crippen LogP contribution in [0.1, 0.15) is 36.8 Å². The monoisotopic (exact) mass is 430 g/mol. The smallest absolute Gasteiger partial charge is 0.240 e. The van der Waals surface area contributed by atoms with Crippen molar-refractivity contribution in [3.63, 3.8) is 0 Å². The number of rotatable bonds is 8. The molecular formula is C23H30N2O4S. The SMILES string of the molecule is Cc1ccc(OCCCC(=O)N2CCC(NS(=O)(=O)c3ccc(C)cc3)CC2)cc1. The largest absolute Gasteiger partial charge is 0.494 e. The Kier molecular flexibility index (Phi) is 7.50. The highest BCUT2D eigenvalue weighted by molar-refractivity contribution is 7.89. The predicted molar refractivity (Wildman–Crippen MR) is 117 cm³/mol. The molecule has 1 aliphatic heterocycles. The number of nitrogens with zero attached hydrogens (tertiary/aromatic N) is 1. The van der Waals surface area contributed by atoms with E-state index in [1.807, 2.05) is 43.0 Å². The van der Waals surface area contributed by atoms with Crippen LogP contribution in [-0.2, 0) is 14.8 Å². The molecule has 3 rings (SSSR count). The fraction of sp³-hybridized carbons (Fsp3) is 0.435. The maximum atomic E-state index is 12.5. The van der Waals surface area contributed by atoms with Crippen LogP contribution in [0.4, 0.5) is 0 Å². The third kappa shape index (κ3) is 6.31. The fourth-order valence-corrected chi connectivity index (χ4v) is 4.76. The molecule has 162 valence electrons. The van der Waals surface area contributed by atoms with Crippen molar-refractivity contribution in [3.05, 3.63) is 59.7 Å². The standard InChI is InChI=1S/C23H30N2O4S/c1-18-5-9-21(10-6-18)29-17-3-4-23(26)25-15-13-20(14-16-25)24-30(27,28)22-11-7-19(2)8-12-22/h5-12,20,24H,3-4,13-17H2,1-2H3. The van der Waals surface area contributed by atoms with E-state index in [1.54, 1.807) is 24.3 Å². The number of aryl methyl sites for hydroxylation is 2. The van der Waals surface area contributed by atoms with Gasteiger partial charge in [0.15, 0.2) is 0 Å². The Hall–Kier alpha value is -2.38. The second kappa shape index (κ2) is 10.1. The van der Waals surface area contributed by atoms with Gasteiger partial charge in [0.1, 0.15) is 5.75 Å². The summed E-state index contributed by atoms with van der Waals surface area (Å²) in [5, 5.41) is 0. The molecule has 0 radical (unpaired) electrons. The molecule has 1 fully saturated rings. The molecule has 6 nitrogen and oxygen atoms in total. The minimum absolute atomic E-state index is 0.0994. The Balaban J connectivity index is 1.38. The van der Waals surface area contributed by atoms with Crippen molar-refractivity contribution in [1.82, 2.24) is 9.62 Å². The van der Waals surface area contributed by atoms with Gasteiger partial charge >= 0.3 is 0 Å². The van der Waals surface area contributed by atoms with E-state index in [0.29, 0.717) is 45.4 Å². The topological polar surface area (TPSA) is 75.7 Å². The van der Waals surface area contributed by atoms with Crippen LogP contribution < -0.4 is 9.46 Å². The van der Waals surface area contributed by atoms with E-state index in [9.17, 15) is 13.2 Å². The second-order valence-corrected chi connectivity index (χ2v) is 9.57. The van der Waals surface area contributed by atoms with E-state index < -0.39 is 10.0 Å². The van der Waals surface area contributed by atoms with Crippen molar-refractivity contribution >= 4 is 15.9 Å². The number of benzene rings is 2. The van der Waals surface area contributed by atoms with Crippen LogP contribution in [0.2, 0.25) is 0 Å². The van der Waals surface area contributed by atoms with Gasteiger partial charge in [-0.1, -0.05) is 35.4 Å². The van der Waals surface area contributed by atoms with E-state index in [2.05, 4.69) is 4.72 Å². The Morgan fingerprint density at radius 1 is 1.00 bits per heavy atom. The zero-order valence-corrected chi connectivity index (χ0v) is 18.5. The molecule has 7 heteroatoms. The molecule has 0 atom stereocenters.